The summed E-state index contributed by atoms with van der Waals surface area (Å²) >= 11 is 5.24. The first-order chi connectivity index (χ1) is 11.5. The lowest BCUT2D eigenvalue weighted by Crippen LogP contribution is -2.13. The number of H-pyrrole nitrogens is 1. The van der Waals surface area contributed by atoms with Crippen LogP contribution in [0, 0.1) is 4.77 Å². The molecule has 0 saturated carbocycles. The molecule has 0 radical (unpaired) electrons. The van der Waals surface area contributed by atoms with Crippen molar-refractivity contribution in [2.75, 3.05) is 7.11 Å². The summed E-state index contributed by atoms with van der Waals surface area (Å²) in [6.07, 6.45) is 1.94. The first-order valence-corrected chi connectivity index (χ1v) is 9.45. The van der Waals surface area contributed by atoms with Gasteiger partial charge in [-0.15, -0.1) is 0 Å². The maximum absolute atomic E-state index is 13.0. The monoisotopic (exact) mass is 362 g/mol. The summed E-state index contributed by atoms with van der Waals surface area (Å²) in [5, 5.41) is 0. The third kappa shape index (κ3) is 2.85. The number of aromatic nitrogens is 2. The van der Waals surface area contributed by atoms with Crippen molar-refractivity contribution in [1.29, 1.82) is 0 Å². The highest BCUT2D eigenvalue weighted by molar-refractivity contribution is 7.90. The Bertz CT molecular complexity index is 1030. The molecule has 0 aliphatic rings. The van der Waals surface area contributed by atoms with E-state index in [1.165, 1.54) is 0 Å². The van der Waals surface area contributed by atoms with Crippen LogP contribution in [0.4, 0.5) is 0 Å². The van der Waals surface area contributed by atoms with E-state index in [9.17, 15) is 8.42 Å². The zero-order chi connectivity index (χ0) is 17.3. The van der Waals surface area contributed by atoms with Gasteiger partial charge < -0.3 is 9.72 Å². The minimum Gasteiger partial charge on any atom is -0.497 e. The van der Waals surface area contributed by atoms with Crippen LogP contribution in [-0.4, -0.2) is 24.5 Å². The molecule has 3 rings (SSSR count). The lowest BCUT2D eigenvalue weighted by Gasteiger charge is -2.08. The Labute approximate surface area is 146 Å². The Kier molecular flexibility index (Phi) is 4.47. The van der Waals surface area contributed by atoms with Gasteiger partial charge in [0.05, 0.1) is 23.0 Å². The van der Waals surface area contributed by atoms with Crippen molar-refractivity contribution in [2.24, 2.45) is 0 Å². The Balaban J connectivity index is 2.14. The third-order valence-electron chi connectivity index (χ3n) is 3.85. The topological polar surface area (TPSA) is 64.1 Å². The van der Waals surface area contributed by atoms with E-state index in [1.54, 1.807) is 37.4 Å². The van der Waals surface area contributed by atoms with Gasteiger partial charge in [-0.2, -0.15) is 0 Å². The largest absolute Gasteiger partial charge is 0.497 e. The average Bonchev–Trinajstić information content (AvgIpc) is 2.91. The molecule has 0 atom stereocenters. The molecular formula is C17H18N2O3S2. The minimum absolute atomic E-state index is 0.135. The van der Waals surface area contributed by atoms with Crippen LogP contribution in [0.3, 0.4) is 0 Å². The van der Waals surface area contributed by atoms with Gasteiger partial charge in [0.15, 0.2) is 4.77 Å². The molecule has 1 aromatic heterocycles. The van der Waals surface area contributed by atoms with Crippen molar-refractivity contribution in [3.8, 4) is 5.75 Å². The van der Waals surface area contributed by atoms with E-state index >= 15 is 0 Å². The van der Waals surface area contributed by atoms with Crippen LogP contribution in [0.25, 0.3) is 11.0 Å². The summed E-state index contributed by atoms with van der Waals surface area (Å²) in [7, 11) is -2.21. The second-order valence-electron chi connectivity index (χ2n) is 5.48. The Hall–Kier alpha value is -2.12. The number of nitrogens with zero attached hydrogens (tertiary/aromatic N) is 1. The first kappa shape index (κ1) is 16.7. The van der Waals surface area contributed by atoms with Crippen molar-refractivity contribution >= 4 is 33.3 Å². The number of fused-ring (bicyclic) bond motifs is 1. The molecule has 0 aliphatic carbocycles. The number of ether oxygens (including phenoxy) is 1. The molecule has 5 nitrogen and oxygen atoms in total. The fraction of sp³-hybridized carbons (Fsp3) is 0.235. The number of methoxy groups -OCH3 is 1. The first-order valence-electron chi connectivity index (χ1n) is 7.60. The second kappa shape index (κ2) is 6.41. The van der Waals surface area contributed by atoms with Crippen molar-refractivity contribution in [3.63, 3.8) is 0 Å². The van der Waals surface area contributed by atoms with Crippen LogP contribution in [0.2, 0.25) is 0 Å². The van der Waals surface area contributed by atoms with E-state index < -0.39 is 10.0 Å². The second-order valence-corrected chi connectivity index (χ2v) is 7.65. The molecule has 0 unspecified atom stereocenters. The van der Waals surface area contributed by atoms with E-state index in [-0.39, 0.29) is 9.67 Å². The molecule has 0 saturated heterocycles. The SMILES string of the molecule is CCCc1ccc(S(=O)(=O)n2c(=S)[nH]c3cc(OC)ccc32)cc1. The van der Waals surface area contributed by atoms with Gasteiger partial charge in [-0.25, -0.2) is 12.4 Å². The Morgan fingerprint density at radius 3 is 2.50 bits per heavy atom. The van der Waals surface area contributed by atoms with Crippen LogP contribution in [-0.2, 0) is 16.4 Å². The molecule has 1 heterocycles. The Morgan fingerprint density at radius 1 is 1.17 bits per heavy atom. The van der Waals surface area contributed by atoms with Crippen molar-refractivity contribution in [1.82, 2.24) is 8.96 Å². The molecule has 3 aromatic rings. The highest BCUT2D eigenvalue weighted by atomic mass is 32.2. The van der Waals surface area contributed by atoms with E-state index in [2.05, 4.69) is 11.9 Å². The molecule has 0 fully saturated rings. The van der Waals surface area contributed by atoms with Gasteiger partial charge in [0, 0.05) is 6.07 Å². The predicted octanol–water partition coefficient (Wildman–Crippen LogP) is 3.90. The van der Waals surface area contributed by atoms with Crippen molar-refractivity contribution in [2.45, 2.75) is 24.7 Å². The molecule has 0 bridgehead atoms. The van der Waals surface area contributed by atoms with E-state index in [4.69, 9.17) is 17.0 Å². The summed E-state index contributed by atoms with van der Waals surface area (Å²) in [4.78, 5) is 3.15. The number of rotatable bonds is 5. The van der Waals surface area contributed by atoms with E-state index in [1.807, 2.05) is 12.1 Å². The number of hydrogen-bond acceptors (Lipinski definition) is 4. The molecular weight excluding hydrogens is 344 g/mol. The van der Waals surface area contributed by atoms with Crippen LogP contribution >= 0.6 is 12.2 Å². The maximum Gasteiger partial charge on any atom is 0.270 e. The van der Waals surface area contributed by atoms with Crippen LogP contribution < -0.4 is 4.74 Å². The molecule has 126 valence electrons. The molecule has 0 aliphatic heterocycles. The number of imidazole rings is 1. The van der Waals surface area contributed by atoms with Gasteiger partial charge in [0.2, 0.25) is 0 Å². The molecule has 0 spiro atoms. The summed E-state index contributed by atoms with van der Waals surface area (Å²) in [6, 6.07) is 12.1. The smallest absolute Gasteiger partial charge is 0.270 e. The zero-order valence-electron chi connectivity index (χ0n) is 13.4. The number of aromatic amines is 1. The minimum atomic E-state index is -3.76. The van der Waals surface area contributed by atoms with Gasteiger partial charge in [-0.05, 0) is 48.5 Å². The predicted molar refractivity (Wildman–Crippen MR) is 96.7 cm³/mol. The maximum atomic E-state index is 13.0. The summed E-state index contributed by atoms with van der Waals surface area (Å²) in [5.74, 6) is 0.632. The molecule has 7 heteroatoms. The van der Waals surface area contributed by atoms with Gasteiger partial charge in [0.1, 0.15) is 5.75 Å². The highest BCUT2D eigenvalue weighted by Gasteiger charge is 2.21. The van der Waals surface area contributed by atoms with Crippen LogP contribution in [0.5, 0.6) is 5.75 Å². The lowest BCUT2D eigenvalue weighted by atomic mass is 10.1. The normalized spacial score (nSPS) is 11.8. The van der Waals surface area contributed by atoms with Gasteiger partial charge in [-0.3, -0.25) is 0 Å². The third-order valence-corrected chi connectivity index (χ3v) is 5.98. The number of aryl methyl sites for hydroxylation is 1. The number of benzene rings is 2. The van der Waals surface area contributed by atoms with Gasteiger partial charge >= 0.3 is 0 Å². The quantitative estimate of drug-likeness (QED) is 0.699. The summed E-state index contributed by atoms with van der Waals surface area (Å²) in [6.45, 7) is 2.09. The van der Waals surface area contributed by atoms with Gasteiger partial charge in [-0.1, -0.05) is 25.5 Å². The van der Waals surface area contributed by atoms with Crippen LogP contribution in [0.1, 0.15) is 18.9 Å². The van der Waals surface area contributed by atoms with Crippen LogP contribution in [0.15, 0.2) is 47.4 Å². The van der Waals surface area contributed by atoms with E-state index in [0.717, 1.165) is 22.4 Å². The molecule has 0 amide bonds. The highest BCUT2D eigenvalue weighted by Crippen LogP contribution is 2.25. The number of nitrogens with one attached hydrogen (secondary N) is 1. The number of hydrogen-bond donors (Lipinski definition) is 1. The lowest BCUT2D eigenvalue weighted by molar-refractivity contribution is 0.415. The molecule has 1 N–H and O–H groups in total. The average molecular weight is 362 g/mol. The van der Waals surface area contributed by atoms with Gasteiger partial charge in [0.25, 0.3) is 10.0 Å². The molecule has 24 heavy (non-hydrogen) atoms. The Morgan fingerprint density at radius 2 is 1.88 bits per heavy atom. The van der Waals surface area contributed by atoms with Crippen molar-refractivity contribution < 1.29 is 13.2 Å². The zero-order valence-corrected chi connectivity index (χ0v) is 15.1. The van der Waals surface area contributed by atoms with Crippen molar-refractivity contribution in [3.05, 3.63) is 52.8 Å². The fourth-order valence-corrected chi connectivity index (χ4v) is 4.53. The van der Waals surface area contributed by atoms with E-state index in [0.29, 0.717) is 16.8 Å². The summed E-state index contributed by atoms with van der Waals surface area (Å²) in [5.41, 5.74) is 2.23. The fourth-order valence-electron chi connectivity index (χ4n) is 2.66. The molecule has 2 aromatic carbocycles. The summed E-state index contributed by atoms with van der Waals surface area (Å²) < 4.78 is 32.5. The standard InChI is InChI=1S/C17H18N2O3S2/c1-3-4-12-5-8-14(9-6-12)24(20,21)19-16-10-7-13(22-2)11-15(16)18-17(19)23/h5-11H,3-4H2,1-2H3,(H,18,23).